The highest BCUT2D eigenvalue weighted by Gasteiger charge is 2.46. The number of rotatable bonds is 9. The van der Waals surface area contributed by atoms with Crippen LogP contribution in [0.5, 0.6) is 0 Å². The molecule has 6 aromatic carbocycles. The van der Waals surface area contributed by atoms with E-state index in [1.54, 1.807) is 24.3 Å². The Morgan fingerprint density at radius 3 is 1.27 bits per heavy atom. The van der Waals surface area contributed by atoms with Gasteiger partial charge in [-0.2, -0.15) is 0 Å². The van der Waals surface area contributed by atoms with Crippen molar-refractivity contribution in [1.29, 1.82) is 0 Å². The number of aryl methyl sites for hydroxylation is 1. The first-order valence-electron chi connectivity index (χ1n) is 16.6. The van der Waals surface area contributed by atoms with Crippen LogP contribution >= 0.6 is 7.26 Å². The van der Waals surface area contributed by atoms with E-state index in [-0.39, 0.29) is 17.0 Å². The van der Waals surface area contributed by atoms with Crippen LogP contribution in [0, 0.1) is 6.92 Å². The van der Waals surface area contributed by atoms with Gasteiger partial charge in [-0.15, -0.1) is 0 Å². The summed E-state index contributed by atoms with van der Waals surface area (Å²) < 4.78 is 9.86. The summed E-state index contributed by atoms with van der Waals surface area (Å²) in [7, 11) is 0.520. The zero-order chi connectivity index (χ0) is 35.4. The van der Waals surface area contributed by atoms with Crippen molar-refractivity contribution in [3.8, 4) is 22.3 Å². The van der Waals surface area contributed by atoms with Crippen LogP contribution in [-0.4, -0.2) is 36.1 Å². The van der Waals surface area contributed by atoms with E-state index in [0.717, 1.165) is 44.7 Å². The van der Waals surface area contributed by atoms with Crippen molar-refractivity contribution in [2.75, 3.05) is 14.2 Å². The Morgan fingerprint density at radius 2 is 0.904 bits per heavy atom. The maximum Gasteiger partial charge on any atom is 0.337 e. The molecule has 0 saturated carbocycles. The molecule has 7 rings (SSSR count). The lowest BCUT2D eigenvalue weighted by Gasteiger charge is -2.28. The first-order chi connectivity index (χ1) is 24.9. The third-order valence-electron chi connectivity index (χ3n) is 9.29. The van der Waals surface area contributed by atoms with Crippen LogP contribution in [0.4, 0.5) is 0 Å². The molecule has 0 atom stereocenters. The van der Waals surface area contributed by atoms with Gasteiger partial charge in [0.05, 0.1) is 42.1 Å². The Bertz CT molecular complexity index is 2240. The highest BCUT2D eigenvalue weighted by Crippen LogP contribution is 2.58. The van der Waals surface area contributed by atoms with Gasteiger partial charge in [-0.1, -0.05) is 78.9 Å². The molecule has 0 bridgehead atoms. The number of nitrogens with zero attached hydrogens (tertiary/aromatic N) is 2. The number of fused-ring (bicyclic) bond motifs is 1. The third kappa shape index (κ3) is 7.03. The van der Waals surface area contributed by atoms with Crippen LogP contribution in [0.1, 0.15) is 32.1 Å². The van der Waals surface area contributed by atoms with Gasteiger partial charge in [0.1, 0.15) is 35.0 Å². The van der Waals surface area contributed by atoms with Crippen LogP contribution in [0.3, 0.4) is 0 Å². The number of esters is 2. The van der Waals surface area contributed by atoms with Gasteiger partial charge in [0.2, 0.25) is 0 Å². The van der Waals surface area contributed by atoms with E-state index in [0.29, 0.717) is 17.3 Å². The average molecular weight is 768 g/mol. The summed E-state index contributed by atoms with van der Waals surface area (Å²) in [6.45, 7) is 2.04. The Labute approximate surface area is 314 Å². The summed E-state index contributed by atoms with van der Waals surface area (Å²) in [5.74, 6) is -0.792. The maximum atomic E-state index is 12.3. The quantitative estimate of drug-likeness (QED) is 0.146. The molecule has 1 aromatic heterocycles. The fraction of sp³-hybridized carbons (Fsp3) is 0.0909. The number of aromatic nitrogens is 2. The highest BCUT2D eigenvalue weighted by molar-refractivity contribution is 7.95. The number of ether oxygens (including phenoxy) is 2. The molecule has 0 amide bonds. The molecule has 258 valence electrons. The molecule has 0 fully saturated rings. The molecule has 0 aliphatic heterocycles. The Kier molecular flexibility index (Phi) is 11.0. The topological polar surface area (TPSA) is 78.4 Å². The smallest absolute Gasteiger partial charge is 0.337 e. The average Bonchev–Trinajstić information content (AvgIpc) is 3.20. The molecule has 0 unspecified atom stereocenters. The summed E-state index contributed by atoms with van der Waals surface area (Å²) in [4.78, 5) is 35.0. The minimum Gasteiger partial charge on any atom is -1.00 e. The minimum absolute atomic E-state index is 0. The lowest BCUT2D eigenvalue weighted by molar-refractivity contribution is -0.0000386. The fourth-order valence-corrected chi connectivity index (χ4v) is 10.9. The van der Waals surface area contributed by atoms with E-state index in [1.165, 1.54) is 30.1 Å². The molecule has 0 N–H and O–H groups in total. The molecule has 52 heavy (non-hydrogen) atoms. The molecular formula is C44H36BrN2O4P. The predicted octanol–water partition coefficient (Wildman–Crippen LogP) is 5.34. The van der Waals surface area contributed by atoms with Gasteiger partial charge in [0, 0.05) is 0 Å². The number of hydrogen-bond acceptors (Lipinski definition) is 6. The van der Waals surface area contributed by atoms with Crippen LogP contribution in [0.2, 0.25) is 0 Å². The van der Waals surface area contributed by atoms with E-state index in [1.807, 2.05) is 31.2 Å². The largest absolute Gasteiger partial charge is 1.00 e. The van der Waals surface area contributed by atoms with E-state index in [2.05, 4.69) is 103 Å². The van der Waals surface area contributed by atoms with Gasteiger partial charge in [0.15, 0.2) is 0 Å². The van der Waals surface area contributed by atoms with Crippen molar-refractivity contribution in [3.05, 3.63) is 174 Å². The Hall–Kier alpha value is -5.49. The molecule has 0 aliphatic carbocycles. The Morgan fingerprint density at radius 1 is 0.538 bits per heavy atom. The van der Waals surface area contributed by atoms with Crippen molar-refractivity contribution >= 4 is 46.1 Å². The second-order valence-electron chi connectivity index (χ2n) is 12.3. The molecule has 0 radical (unpaired) electrons. The van der Waals surface area contributed by atoms with Crippen molar-refractivity contribution in [1.82, 2.24) is 9.97 Å². The van der Waals surface area contributed by atoms with Gasteiger partial charge >= 0.3 is 11.9 Å². The summed E-state index contributed by atoms with van der Waals surface area (Å²) >= 11 is 0. The van der Waals surface area contributed by atoms with Crippen molar-refractivity contribution < 1.29 is 36.0 Å². The summed E-state index contributed by atoms with van der Waals surface area (Å²) in [5, 5.41) is 3.84. The van der Waals surface area contributed by atoms with Crippen molar-refractivity contribution in [3.63, 3.8) is 0 Å². The monoisotopic (exact) mass is 766 g/mol. The molecule has 0 spiro atoms. The van der Waals surface area contributed by atoms with Crippen molar-refractivity contribution in [2.45, 2.75) is 13.1 Å². The van der Waals surface area contributed by atoms with E-state index in [9.17, 15) is 9.59 Å². The number of halogens is 1. The van der Waals surface area contributed by atoms with E-state index >= 15 is 0 Å². The molecule has 6 nitrogen and oxygen atoms in total. The SMILES string of the molecule is COC(=O)c1ccc(-c2cc3nc(C)c(C[P+](c4ccccc4)(c4ccccc4)c4ccccc4)nc3cc2-c2ccc(C(=O)OC)cc2)cc1.[Br-]. The van der Waals surface area contributed by atoms with Gasteiger partial charge < -0.3 is 26.5 Å². The standard InChI is InChI=1S/C44H36N2O4P.BrH/c1-30-42(29-51(35-13-7-4-8-14-35,36-15-9-5-10-16-36)37-17-11-6-12-18-37)46-41-28-39(32-21-25-34(26-22-32)44(48)50-3)38(27-40(41)45-30)31-19-23-33(24-20-31)43(47)49-2;/h4-28H,29H2,1-3H3;1H/q+1;/p-1. The molecule has 0 aliphatic rings. The summed E-state index contributed by atoms with van der Waals surface area (Å²) in [6.07, 6.45) is 0.694. The maximum absolute atomic E-state index is 12.3. The lowest BCUT2D eigenvalue weighted by atomic mass is 9.92. The Balaban J connectivity index is 0.00000464. The van der Waals surface area contributed by atoms with Crippen molar-refractivity contribution in [2.24, 2.45) is 0 Å². The number of carbonyl (C=O) groups is 2. The number of benzene rings is 6. The number of methoxy groups -OCH3 is 2. The van der Waals surface area contributed by atoms with Gasteiger partial charge in [0.25, 0.3) is 0 Å². The van der Waals surface area contributed by atoms with E-state index < -0.39 is 19.2 Å². The third-order valence-corrected chi connectivity index (χ3v) is 13.6. The second-order valence-corrected chi connectivity index (χ2v) is 15.7. The zero-order valence-electron chi connectivity index (χ0n) is 29.0. The predicted molar refractivity (Wildman–Crippen MR) is 207 cm³/mol. The first kappa shape index (κ1) is 36.3. The van der Waals surface area contributed by atoms with Crippen LogP contribution in [0.15, 0.2) is 152 Å². The first-order valence-corrected chi connectivity index (χ1v) is 18.6. The number of carbonyl (C=O) groups excluding carboxylic acids is 2. The van der Waals surface area contributed by atoms with E-state index in [4.69, 9.17) is 19.4 Å². The van der Waals surface area contributed by atoms with Crippen LogP contribution in [0.25, 0.3) is 33.3 Å². The fourth-order valence-electron chi connectivity index (χ4n) is 6.66. The minimum atomic E-state index is -2.23. The molecular weight excluding hydrogens is 731 g/mol. The normalized spacial score (nSPS) is 11.1. The highest BCUT2D eigenvalue weighted by atomic mass is 79.9. The summed E-state index contributed by atoms with van der Waals surface area (Å²) in [5.41, 5.74) is 7.93. The van der Waals surface area contributed by atoms with Crippen LogP contribution in [-0.2, 0) is 15.6 Å². The molecule has 7 aromatic rings. The zero-order valence-corrected chi connectivity index (χ0v) is 31.5. The lowest BCUT2D eigenvalue weighted by Crippen LogP contribution is -3.00. The van der Waals surface area contributed by atoms with Gasteiger partial charge in [-0.25, -0.2) is 19.6 Å². The molecule has 8 heteroatoms. The van der Waals surface area contributed by atoms with Gasteiger partial charge in [-0.05, 0) is 102 Å². The number of hydrogen-bond donors (Lipinski definition) is 0. The molecule has 0 saturated heterocycles. The van der Waals surface area contributed by atoms with Crippen LogP contribution < -0.4 is 32.9 Å². The summed E-state index contributed by atoms with van der Waals surface area (Å²) in [6, 6.07) is 51.2. The second kappa shape index (κ2) is 15.8. The van der Waals surface area contributed by atoms with Gasteiger partial charge in [-0.3, -0.25) is 0 Å². The molecule has 1 heterocycles.